The Morgan fingerprint density at radius 1 is 0.124 bits per heavy atom. The molecule has 0 N–H and O–H groups in total. The third-order valence-electron chi connectivity index (χ3n) is 47.7. The Morgan fingerprint density at radius 3 is 0.319 bits per heavy atom. The van der Waals surface area contributed by atoms with Crippen molar-refractivity contribution in [2.75, 3.05) is 7.05 Å². The van der Waals surface area contributed by atoms with Crippen LogP contribution in [0.5, 0.6) is 0 Å². The SMILES string of the molecule is CC1(C)OC(C)(C)C(C)(C)C(C)(C)C1(C)C.CC1(C)OC(C)(C)C(C)(C)C(C)(C)C1(C)C.CC1(C)OC(C)(C)C(C)(C)C(C)(C)C1(C)C.CC1(C)SC(C)(C)C(C)(C)C(C)(C)C1(C)C.CC1(C)SC(C)(C)C(C)(C)C(C)(C)C1(C)C.CC1(C)SC(C)(C)C(C)(C)C(C)(C)C1(C)C.CN1C(C)(C)C(C)(C)C(C)(C)C(C)(C)C1(C)C. The zero-order chi connectivity index (χ0) is 93.3. The summed E-state index contributed by atoms with van der Waals surface area (Å²) in [6.07, 6.45) is 0. The van der Waals surface area contributed by atoms with Gasteiger partial charge in [-0.15, -0.1) is 35.3 Å². The van der Waals surface area contributed by atoms with Crippen LogP contribution in [0.15, 0.2) is 0 Å². The smallest absolute Gasteiger partial charge is 0.0690 e. The molecule has 0 aromatic carbocycles. The topological polar surface area (TPSA) is 30.9 Å². The third-order valence-corrected chi connectivity index (χ3v) is 53.9. The van der Waals surface area contributed by atoms with E-state index in [-0.39, 0.29) is 110 Å². The molecule has 0 aliphatic carbocycles. The number of nitrogens with zero attached hydrogens (tertiary/aromatic N) is 1. The molecule has 7 aliphatic heterocycles. The van der Waals surface area contributed by atoms with E-state index in [0.717, 1.165) is 0 Å². The Morgan fingerprint density at radius 2 is 0.212 bits per heavy atom. The first-order chi connectivity index (χ1) is 47.4. The van der Waals surface area contributed by atoms with Crippen LogP contribution in [0.2, 0.25) is 0 Å². The summed E-state index contributed by atoms with van der Waals surface area (Å²) in [6, 6.07) is 0. The molecule has 4 nitrogen and oxygen atoms in total. The monoisotopic (exact) mass is 1640 g/mol. The van der Waals surface area contributed by atoms with Crippen molar-refractivity contribution in [1.82, 2.24) is 4.90 Å². The minimum Gasteiger partial charge on any atom is -0.369 e. The number of hydrogen-bond acceptors (Lipinski definition) is 7. The molecule has 0 amide bonds. The second-order valence-electron chi connectivity index (χ2n) is 56.5. The highest BCUT2D eigenvalue weighted by Gasteiger charge is 2.73. The maximum Gasteiger partial charge on any atom is 0.0690 e. The summed E-state index contributed by atoms with van der Waals surface area (Å²) in [4.78, 5) is 2.59. The van der Waals surface area contributed by atoms with Gasteiger partial charge in [0.25, 0.3) is 0 Å². The Balaban J connectivity index is 0.000000659. The summed E-state index contributed by atoms with van der Waals surface area (Å²) in [6.45, 7) is 166. The lowest BCUT2D eigenvalue weighted by atomic mass is 9.41. The first-order valence-corrected chi connectivity index (χ1v) is 47.8. The van der Waals surface area contributed by atoms with Crippen LogP contribution in [0, 0.1) is 114 Å². The van der Waals surface area contributed by atoms with E-state index < -0.39 is 0 Å². The molecule has 0 bridgehead atoms. The molecular formula is C106H213NO3S3. The zero-order valence-corrected chi connectivity index (χ0v) is 93.8. The molecule has 7 heterocycles. The van der Waals surface area contributed by atoms with Gasteiger partial charge in [0.2, 0.25) is 0 Å². The highest BCUT2D eigenvalue weighted by Crippen LogP contribution is 2.76. The summed E-state index contributed by atoms with van der Waals surface area (Å²) in [5, 5.41) is 0. The molecule has 0 saturated carbocycles. The molecule has 7 heteroatoms. The third kappa shape index (κ3) is 15.3. The van der Waals surface area contributed by atoms with Gasteiger partial charge in [-0.3, -0.25) is 4.90 Å². The lowest BCUT2D eigenvalue weighted by molar-refractivity contribution is -0.323. The molecule has 0 spiro atoms. The molecular weight excluding hydrogens is 1430 g/mol. The van der Waals surface area contributed by atoms with E-state index in [1.165, 1.54) is 0 Å². The summed E-state index contributed by atoms with van der Waals surface area (Å²) in [5.41, 5.74) is 4.92. The van der Waals surface area contributed by atoms with Gasteiger partial charge in [-0.05, 0) is 232 Å². The predicted octanol–water partition coefficient (Wildman–Crippen LogP) is 34.6. The zero-order valence-electron chi connectivity index (χ0n) is 91.4. The van der Waals surface area contributed by atoms with Crippen LogP contribution in [-0.2, 0) is 14.2 Å². The fraction of sp³-hybridized carbons (Fsp3) is 1.00. The van der Waals surface area contributed by atoms with E-state index in [0.29, 0.717) is 77.2 Å². The first-order valence-electron chi connectivity index (χ1n) is 45.3. The molecule has 0 aromatic rings. The van der Waals surface area contributed by atoms with Crippen LogP contribution in [0.25, 0.3) is 0 Å². The Kier molecular flexibility index (Phi) is 28.9. The average molecular weight is 1650 g/mol. The van der Waals surface area contributed by atoms with Gasteiger partial charge in [-0.25, -0.2) is 0 Å². The Labute approximate surface area is 728 Å². The van der Waals surface area contributed by atoms with Crippen LogP contribution in [0.3, 0.4) is 0 Å². The molecule has 7 fully saturated rings. The Bertz CT molecular complexity index is 2630. The van der Waals surface area contributed by atoms with Crippen molar-refractivity contribution in [1.29, 1.82) is 0 Å². The second kappa shape index (κ2) is 29.2. The van der Waals surface area contributed by atoms with Gasteiger partial charge in [-0.1, -0.05) is 374 Å². The van der Waals surface area contributed by atoms with Crippen molar-refractivity contribution in [2.24, 2.45) is 114 Å². The van der Waals surface area contributed by atoms with Crippen LogP contribution >= 0.6 is 35.3 Å². The minimum absolute atomic E-state index is 0.102. The van der Waals surface area contributed by atoms with Crippen LogP contribution in [-0.4, -0.2) is 85.1 Å². The normalized spacial score (nSPS) is 33.4. The van der Waals surface area contributed by atoms with Crippen molar-refractivity contribution in [3.63, 3.8) is 0 Å². The molecule has 0 aromatic heterocycles. The minimum atomic E-state index is -0.102. The number of hydrogen-bond donors (Lipinski definition) is 0. The predicted molar refractivity (Wildman–Crippen MR) is 520 cm³/mol. The lowest BCUT2D eigenvalue weighted by Gasteiger charge is -2.73. The van der Waals surface area contributed by atoms with E-state index in [2.05, 4.69) is 532 Å². The summed E-state index contributed by atoms with van der Waals surface area (Å²) >= 11 is 6.49. The van der Waals surface area contributed by atoms with E-state index in [1.807, 2.05) is 0 Å². The molecule has 0 unspecified atom stereocenters. The average Bonchev–Trinajstić information content (AvgIpc) is 0.678. The summed E-state index contributed by atoms with van der Waals surface area (Å²) in [5.74, 6) is 0. The number of piperidine rings is 1. The van der Waals surface area contributed by atoms with Crippen LogP contribution < -0.4 is 0 Å². The molecule has 0 atom stereocenters. The fourth-order valence-corrected chi connectivity index (χ4v) is 29.8. The van der Waals surface area contributed by atoms with Crippen molar-refractivity contribution >= 4 is 35.3 Å². The van der Waals surface area contributed by atoms with Gasteiger partial charge < -0.3 is 14.2 Å². The van der Waals surface area contributed by atoms with Crippen molar-refractivity contribution in [3.05, 3.63) is 0 Å². The maximum atomic E-state index is 6.43. The molecule has 678 valence electrons. The van der Waals surface area contributed by atoms with Gasteiger partial charge in [0.1, 0.15) is 0 Å². The van der Waals surface area contributed by atoms with E-state index in [9.17, 15) is 0 Å². The summed E-state index contributed by atoms with van der Waals surface area (Å²) in [7, 11) is 2.29. The number of rotatable bonds is 0. The first kappa shape index (κ1) is 112. The number of likely N-dealkylation sites (tertiary alicyclic amines) is 1. The van der Waals surface area contributed by atoms with Gasteiger partial charge >= 0.3 is 0 Å². The maximum absolute atomic E-state index is 6.43. The highest BCUT2D eigenvalue weighted by atomic mass is 32.2. The van der Waals surface area contributed by atoms with Gasteiger partial charge in [0.15, 0.2) is 0 Å². The highest BCUT2D eigenvalue weighted by molar-refractivity contribution is 8.02. The van der Waals surface area contributed by atoms with Gasteiger partial charge in [-0.2, -0.15) is 0 Å². The Hall–Kier alpha value is 0.890. The lowest BCUT2D eigenvalue weighted by Crippen LogP contribution is -2.76. The van der Waals surface area contributed by atoms with Crippen molar-refractivity contribution < 1.29 is 14.2 Å². The standard InChI is InChI=1S/C16H33N.3C15H30O.3C15H30S/c1-12(2)13(3,4)15(7,8)17(11)16(9,10)14(12,5)6;6*1-11(2)12(3,4)14(7,8)16-15(9,10)13(11,5)6/h1-11H3;6*1-10H3. The molecule has 7 saturated heterocycles. The quantitative estimate of drug-likeness (QED) is 0.239. The second-order valence-corrected chi connectivity index (χ2v) is 63.3. The van der Waals surface area contributed by atoms with Gasteiger partial charge in [0.05, 0.1) is 33.6 Å². The van der Waals surface area contributed by atoms with Crippen LogP contribution in [0.1, 0.15) is 485 Å². The number of thioether (sulfide) groups is 3. The molecule has 113 heavy (non-hydrogen) atoms. The molecule has 7 aliphatic rings. The largest absolute Gasteiger partial charge is 0.369 e. The van der Waals surface area contributed by atoms with E-state index >= 15 is 0 Å². The van der Waals surface area contributed by atoms with Crippen LogP contribution in [0.4, 0.5) is 0 Å². The van der Waals surface area contributed by atoms with Crippen molar-refractivity contribution in [2.45, 2.75) is 558 Å². The summed E-state index contributed by atoms with van der Waals surface area (Å²) < 4.78 is 21.2. The molecule has 0 radical (unpaired) electrons. The number of ether oxygens (including phenoxy) is 3. The van der Waals surface area contributed by atoms with Crippen molar-refractivity contribution in [3.8, 4) is 0 Å². The van der Waals surface area contributed by atoms with Gasteiger partial charge in [0, 0.05) is 39.6 Å². The van der Waals surface area contributed by atoms with E-state index in [4.69, 9.17) is 14.2 Å². The molecule has 7 rings (SSSR count). The van der Waals surface area contributed by atoms with E-state index in [1.54, 1.807) is 0 Å². The fourth-order valence-electron chi connectivity index (χ4n) is 22.9.